The van der Waals surface area contributed by atoms with Gasteiger partial charge in [0.1, 0.15) is 11.7 Å². The van der Waals surface area contributed by atoms with Gasteiger partial charge in [0.2, 0.25) is 0 Å². The Morgan fingerprint density at radius 2 is 2.38 bits per heavy atom. The predicted molar refractivity (Wildman–Crippen MR) is 55.0 cm³/mol. The van der Waals surface area contributed by atoms with Crippen LogP contribution in [0.15, 0.2) is 34.3 Å². The summed E-state index contributed by atoms with van der Waals surface area (Å²) in [5.41, 5.74) is 1.28. The maximum absolute atomic E-state index is 4.93. The molecule has 3 heteroatoms. The lowest BCUT2D eigenvalue weighted by Gasteiger charge is -1.99. The van der Waals surface area contributed by atoms with Crippen LogP contribution in [0.4, 0.5) is 0 Å². The zero-order valence-corrected chi connectivity index (χ0v) is 8.30. The molecule has 0 saturated carbocycles. The van der Waals surface area contributed by atoms with E-state index in [9.17, 15) is 0 Å². The molecule has 0 saturated heterocycles. The maximum atomic E-state index is 4.93. The summed E-state index contributed by atoms with van der Waals surface area (Å²) in [5.74, 6) is 0. The van der Waals surface area contributed by atoms with E-state index in [-0.39, 0.29) is 0 Å². The largest absolute Gasteiger partial charge is 0.395 e. The van der Waals surface area contributed by atoms with Crippen molar-refractivity contribution in [2.75, 3.05) is 6.61 Å². The maximum Gasteiger partial charge on any atom is 0.123 e. The molecule has 0 spiro atoms. The zero-order valence-electron chi connectivity index (χ0n) is 7.49. The molecule has 0 bridgehead atoms. The molecule has 0 atom stereocenters. The average molecular weight is 193 g/mol. The highest BCUT2D eigenvalue weighted by Gasteiger charge is 2.09. The summed E-state index contributed by atoms with van der Waals surface area (Å²) in [6.07, 6.45) is 0.943. The van der Waals surface area contributed by atoms with Gasteiger partial charge in [0.25, 0.3) is 0 Å². The van der Waals surface area contributed by atoms with Crippen LogP contribution in [-0.2, 0) is 4.84 Å². The monoisotopic (exact) mass is 193 g/mol. The topological polar surface area (TPSA) is 21.6 Å². The number of thioether (sulfide) groups is 1. The van der Waals surface area contributed by atoms with Gasteiger partial charge in [-0.15, -0.1) is 0 Å². The van der Waals surface area contributed by atoms with Gasteiger partial charge >= 0.3 is 0 Å². The van der Waals surface area contributed by atoms with E-state index in [4.69, 9.17) is 4.84 Å². The third kappa shape index (κ3) is 2.25. The van der Waals surface area contributed by atoms with Gasteiger partial charge < -0.3 is 4.84 Å². The van der Waals surface area contributed by atoms with E-state index < -0.39 is 0 Å². The minimum atomic E-state index is 0.730. The summed E-state index contributed by atoms with van der Waals surface area (Å²) in [7, 11) is 0. The van der Waals surface area contributed by atoms with Crippen LogP contribution in [-0.4, -0.2) is 11.7 Å². The van der Waals surface area contributed by atoms with Gasteiger partial charge in [-0.1, -0.05) is 34.6 Å². The zero-order chi connectivity index (χ0) is 9.10. The molecular weight excluding hydrogens is 182 g/mol. The molecule has 1 aromatic rings. The lowest BCUT2D eigenvalue weighted by molar-refractivity contribution is 0.174. The fourth-order valence-corrected chi connectivity index (χ4v) is 2.12. The summed E-state index contributed by atoms with van der Waals surface area (Å²) < 4.78 is 0. The van der Waals surface area contributed by atoms with Gasteiger partial charge in [-0.05, 0) is 19.1 Å². The first-order valence-electron chi connectivity index (χ1n) is 4.28. The molecule has 68 valence electrons. The van der Waals surface area contributed by atoms with Crippen molar-refractivity contribution >= 4 is 16.8 Å². The van der Waals surface area contributed by atoms with Crippen molar-refractivity contribution in [3.05, 3.63) is 29.8 Å². The minimum Gasteiger partial charge on any atom is -0.395 e. The molecule has 0 aliphatic carbocycles. The van der Waals surface area contributed by atoms with Crippen LogP contribution in [0.3, 0.4) is 0 Å². The van der Waals surface area contributed by atoms with Gasteiger partial charge in [0.15, 0.2) is 0 Å². The molecule has 0 N–H and O–H groups in total. The van der Waals surface area contributed by atoms with E-state index in [1.54, 1.807) is 11.8 Å². The highest BCUT2D eigenvalue weighted by atomic mass is 32.2. The number of nitrogens with zero attached hydrogens (tertiary/aromatic N) is 1. The summed E-state index contributed by atoms with van der Waals surface area (Å²) in [6, 6.07) is 8.41. The third-order valence-electron chi connectivity index (χ3n) is 1.80. The molecule has 0 fully saturated rings. The van der Waals surface area contributed by atoms with Crippen molar-refractivity contribution in [2.45, 2.75) is 18.2 Å². The fourth-order valence-electron chi connectivity index (χ4n) is 1.18. The molecule has 1 aliphatic rings. The SMILES string of the molecule is Cc1cccc(SC2=NOCC2)c1. The number of aryl methyl sites for hydroxylation is 1. The smallest absolute Gasteiger partial charge is 0.123 e. The van der Waals surface area contributed by atoms with Crippen molar-refractivity contribution in [1.29, 1.82) is 0 Å². The van der Waals surface area contributed by atoms with Gasteiger partial charge in [0, 0.05) is 11.3 Å². The summed E-state index contributed by atoms with van der Waals surface area (Å²) in [5, 5.41) is 5.01. The average Bonchev–Trinajstić information content (AvgIpc) is 2.57. The Hall–Kier alpha value is -0.960. The Morgan fingerprint density at radius 3 is 3.08 bits per heavy atom. The molecule has 1 aliphatic heterocycles. The Kier molecular flexibility index (Phi) is 2.54. The first-order chi connectivity index (χ1) is 6.34. The van der Waals surface area contributed by atoms with Crippen molar-refractivity contribution in [3.63, 3.8) is 0 Å². The third-order valence-corrected chi connectivity index (χ3v) is 2.80. The van der Waals surface area contributed by atoms with Crippen molar-refractivity contribution in [1.82, 2.24) is 0 Å². The molecule has 0 amide bonds. The van der Waals surface area contributed by atoms with E-state index in [1.165, 1.54) is 10.5 Å². The molecule has 1 heterocycles. The Labute approximate surface area is 82.0 Å². The number of hydrogen-bond donors (Lipinski definition) is 0. The molecule has 2 nitrogen and oxygen atoms in total. The van der Waals surface area contributed by atoms with Crippen LogP contribution in [0.1, 0.15) is 12.0 Å². The fraction of sp³-hybridized carbons (Fsp3) is 0.300. The summed E-state index contributed by atoms with van der Waals surface area (Å²) in [4.78, 5) is 6.17. The van der Waals surface area contributed by atoms with Gasteiger partial charge in [-0.25, -0.2) is 0 Å². The number of rotatable bonds is 1. The normalized spacial score (nSPS) is 15.3. The minimum absolute atomic E-state index is 0.730. The van der Waals surface area contributed by atoms with E-state index >= 15 is 0 Å². The number of hydrogen-bond acceptors (Lipinski definition) is 3. The van der Waals surface area contributed by atoms with Crippen molar-refractivity contribution < 1.29 is 4.84 Å². The van der Waals surface area contributed by atoms with Crippen molar-refractivity contribution in [2.24, 2.45) is 5.16 Å². The first-order valence-corrected chi connectivity index (χ1v) is 5.09. The first kappa shape index (κ1) is 8.63. The lowest BCUT2D eigenvalue weighted by Crippen LogP contribution is -1.87. The Morgan fingerprint density at radius 1 is 1.46 bits per heavy atom. The number of benzene rings is 1. The van der Waals surface area contributed by atoms with Gasteiger partial charge in [0.05, 0.1) is 0 Å². The Bertz CT molecular complexity index is 335. The van der Waals surface area contributed by atoms with E-state index in [1.807, 2.05) is 0 Å². The number of oxime groups is 1. The molecule has 13 heavy (non-hydrogen) atoms. The predicted octanol–water partition coefficient (Wildman–Crippen LogP) is 2.82. The Balaban J connectivity index is 2.09. The van der Waals surface area contributed by atoms with E-state index in [0.717, 1.165) is 18.1 Å². The van der Waals surface area contributed by atoms with E-state index in [2.05, 4.69) is 36.3 Å². The standard InChI is InChI=1S/C10H11NOS/c1-8-3-2-4-9(7-8)13-10-5-6-12-11-10/h2-4,7H,5-6H2,1H3. The van der Waals surface area contributed by atoms with Crippen LogP contribution in [0.25, 0.3) is 0 Å². The second-order valence-corrected chi connectivity index (χ2v) is 4.13. The second kappa shape index (κ2) is 3.83. The highest BCUT2D eigenvalue weighted by molar-refractivity contribution is 8.14. The van der Waals surface area contributed by atoms with Crippen molar-refractivity contribution in [3.8, 4) is 0 Å². The van der Waals surface area contributed by atoms with Crippen LogP contribution in [0.5, 0.6) is 0 Å². The lowest BCUT2D eigenvalue weighted by atomic mass is 10.2. The van der Waals surface area contributed by atoms with Gasteiger partial charge in [-0.3, -0.25) is 0 Å². The van der Waals surface area contributed by atoms with Crippen LogP contribution in [0.2, 0.25) is 0 Å². The van der Waals surface area contributed by atoms with Crippen LogP contribution < -0.4 is 0 Å². The molecule has 2 rings (SSSR count). The van der Waals surface area contributed by atoms with Crippen LogP contribution in [0, 0.1) is 6.92 Å². The molecule has 0 aromatic heterocycles. The molecule has 1 aromatic carbocycles. The van der Waals surface area contributed by atoms with Gasteiger partial charge in [-0.2, -0.15) is 0 Å². The van der Waals surface area contributed by atoms with Crippen LogP contribution >= 0.6 is 11.8 Å². The highest BCUT2D eigenvalue weighted by Crippen LogP contribution is 2.24. The quantitative estimate of drug-likeness (QED) is 0.684. The van der Waals surface area contributed by atoms with E-state index in [0.29, 0.717) is 0 Å². The second-order valence-electron chi connectivity index (χ2n) is 2.99. The molecular formula is C10H11NOS. The molecule has 0 unspecified atom stereocenters. The molecule has 0 radical (unpaired) electrons. The summed E-state index contributed by atoms with van der Waals surface area (Å²) in [6.45, 7) is 2.82. The summed E-state index contributed by atoms with van der Waals surface area (Å²) >= 11 is 1.69.